The first kappa shape index (κ1) is 18.3. The minimum absolute atomic E-state index is 0.269. The van der Waals surface area contributed by atoms with Gasteiger partial charge in [0.05, 0.1) is 12.7 Å². The molecule has 8 nitrogen and oxygen atoms in total. The molecule has 1 aliphatic rings. The molecule has 1 saturated heterocycles. The average molecular weight is 358 g/mol. The van der Waals surface area contributed by atoms with E-state index in [9.17, 15) is 0 Å². The highest BCUT2D eigenvalue weighted by Gasteiger charge is 2.15. The van der Waals surface area contributed by atoms with E-state index in [1.807, 2.05) is 29.1 Å². The summed E-state index contributed by atoms with van der Waals surface area (Å²) in [4.78, 5) is 12.7. The topological polar surface area (TPSA) is 85.6 Å². The first-order valence-electron chi connectivity index (χ1n) is 8.92. The molecule has 26 heavy (non-hydrogen) atoms. The van der Waals surface area contributed by atoms with E-state index in [-0.39, 0.29) is 6.10 Å². The monoisotopic (exact) mass is 358 g/mol. The number of nitrogens with one attached hydrogen (secondary N) is 2. The molecular formula is C18H26N6O2. The Balaban J connectivity index is 1.34. The average Bonchev–Trinajstić information content (AvgIpc) is 3.38. The maximum absolute atomic E-state index is 5.75. The van der Waals surface area contributed by atoms with Crippen molar-refractivity contribution in [3.8, 4) is 5.82 Å². The minimum Gasteiger partial charge on any atom is -0.379 e. The van der Waals surface area contributed by atoms with E-state index in [1.54, 1.807) is 19.6 Å². The molecule has 0 radical (unpaired) electrons. The Hall–Kier alpha value is -2.45. The third-order valence-electron chi connectivity index (χ3n) is 4.12. The lowest BCUT2D eigenvalue weighted by molar-refractivity contribution is 0.0420. The van der Waals surface area contributed by atoms with Crippen LogP contribution in [0.1, 0.15) is 18.4 Å². The van der Waals surface area contributed by atoms with E-state index in [1.165, 1.54) is 0 Å². The number of hydrogen-bond donors (Lipinski definition) is 2. The van der Waals surface area contributed by atoms with Crippen molar-refractivity contribution in [2.75, 3.05) is 33.4 Å². The zero-order chi connectivity index (χ0) is 18.0. The fraction of sp³-hybridized carbons (Fsp3) is 0.500. The van der Waals surface area contributed by atoms with Gasteiger partial charge in [-0.3, -0.25) is 9.56 Å². The van der Waals surface area contributed by atoms with Crippen LogP contribution in [0.15, 0.2) is 42.0 Å². The zero-order valence-corrected chi connectivity index (χ0v) is 15.1. The SMILES string of the molecule is CN=C(NCCCOC1CCOC1)NCc1ccc(-n2ccnc2)nc1. The van der Waals surface area contributed by atoms with Crippen LogP contribution in [0.5, 0.6) is 0 Å². The second-order valence-corrected chi connectivity index (χ2v) is 6.06. The molecule has 3 heterocycles. The van der Waals surface area contributed by atoms with Gasteiger partial charge in [-0.1, -0.05) is 6.07 Å². The lowest BCUT2D eigenvalue weighted by atomic mass is 10.3. The molecule has 8 heteroatoms. The Bertz CT molecular complexity index is 665. The van der Waals surface area contributed by atoms with Crippen LogP contribution in [0.2, 0.25) is 0 Å². The summed E-state index contributed by atoms with van der Waals surface area (Å²) in [5, 5.41) is 6.58. The van der Waals surface area contributed by atoms with Gasteiger partial charge < -0.3 is 20.1 Å². The lowest BCUT2D eigenvalue weighted by Gasteiger charge is -2.13. The highest BCUT2D eigenvalue weighted by Crippen LogP contribution is 2.08. The predicted molar refractivity (Wildman–Crippen MR) is 99.4 cm³/mol. The number of hydrogen-bond acceptors (Lipinski definition) is 5. The molecular weight excluding hydrogens is 332 g/mol. The molecule has 0 aromatic carbocycles. The maximum atomic E-state index is 5.75. The number of rotatable bonds is 8. The summed E-state index contributed by atoms with van der Waals surface area (Å²) in [7, 11) is 1.77. The largest absolute Gasteiger partial charge is 0.379 e. The summed E-state index contributed by atoms with van der Waals surface area (Å²) < 4.78 is 12.9. The number of pyridine rings is 1. The number of nitrogens with zero attached hydrogens (tertiary/aromatic N) is 4. The molecule has 140 valence electrons. The van der Waals surface area contributed by atoms with Gasteiger partial charge in [0.15, 0.2) is 5.96 Å². The molecule has 0 amide bonds. The van der Waals surface area contributed by atoms with Crippen molar-refractivity contribution in [1.82, 2.24) is 25.2 Å². The Morgan fingerprint density at radius 3 is 3.08 bits per heavy atom. The van der Waals surface area contributed by atoms with Crippen molar-refractivity contribution < 1.29 is 9.47 Å². The summed E-state index contributed by atoms with van der Waals surface area (Å²) in [5.74, 6) is 1.62. The van der Waals surface area contributed by atoms with Gasteiger partial charge in [-0.2, -0.15) is 0 Å². The highest BCUT2D eigenvalue weighted by atomic mass is 16.5. The van der Waals surface area contributed by atoms with Crippen LogP contribution in [-0.4, -0.2) is 60.0 Å². The Kier molecular flexibility index (Phi) is 6.97. The molecule has 0 saturated carbocycles. The standard InChI is InChI=1S/C18H26N6O2/c1-19-18(21-6-2-9-26-16-5-10-25-13-16)23-12-15-3-4-17(22-11-15)24-8-7-20-14-24/h3-4,7-8,11,14,16H,2,5-6,9-10,12-13H2,1H3,(H2,19,21,23). The van der Waals surface area contributed by atoms with Crippen LogP contribution in [0, 0.1) is 0 Å². The minimum atomic E-state index is 0.269. The molecule has 1 fully saturated rings. The van der Waals surface area contributed by atoms with Crippen LogP contribution >= 0.6 is 0 Å². The van der Waals surface area contributed by atoms with Gasteiger partial charge in [-0.15, -0.1) is 0 Å². The van der Waals surface area contributed by atoms with Crippen molar-refractivity contribution in [1.29, 1.82) is 0 Å². The van der Waals surface area contributed by atoms with Gasteiger partial charge in [0, 0.05) is 51.9 Å². The Morgan fingerprint density at radius 2 is 2.38 bits per heavy atom. The molecule has 2 aromatic heterocycles. The molecule has 0 bridgehead atoms. The lowest BCUT2D eigenvalue weighted by Crippen LogP contribution is -2.37. The smallest absolute Gasteiger partial charge is 0.191 e. The van der Waals surface area contributed by atoms with Crippen molar-refractivity contribution in [2.45, 2.75) is 25.5 Å². The van der Waals surface area contributed by atoms with E-state index < -0.39 is 0 Å². The van der Waals surface area contributed by atoms with Gasteiger partial charge >= 0.3 is 0 Å². The molecule has 1 atom stereocenters. The van der Waals surface area contributed by atoms with Gasteiger partial charge in [0.2, 0.25) is 0 Å². The van der Waals surface area contributed by atoms with Gasteiger partial charge in [-0.05, 0) is 24.5 Å². The Labute approximate surface area is 153 Å². The second-order valence-electron chi connectivity index (χ2n) is 6.06. The highest BCUT2D eigenvalue weighted by molar-refractivity contribution is 5.79. The molecule has 3 rings (SSSR count). The van der Waals surface area contributed by atoms with Crippen LogP contribution in [0.4, 0.5) is 0 Å². The molecule has 2 aromatic rings. The first-order chi connectivity index (χ1) is 12.8. The quantitative estimate of drug-likeness (QED) is 0.418. The third kappa shape index (κ3) is 5.53. The van der Waals surface area contributed by atoms with E-state index in [0.717, 1.165) is 56.5 Å². The van der Waals surface area contributed by atoms with Crippen LogP contribution in [-0.2, 0) is 16.0 Å². The third-order valence-corrected chi connectivity index (χ3v) is 4.12. The van der Waals surface area contributed by atoms with Crippen LogP contribution in [0.25, 0.3) is 5.82 Å². The van der Waals surface area contributed by atoms with Gasteiger partial charge in [-0.25, -0.2) is 9.97 Å². The van der Waals surface area contributed by atoms with Crippen molar-refractivity contribution in [3.05, 3.63) is 42.6 Å². The summed E-state index contributed by atoms with van der Waals surface area (Å²) in [6.07, 6.45) is 9.39. The summed E-state index contributed by atoms with van der Waals surface area (Å²) >= 11 is 0. The van der Waals surface area contributed by atoms with Crippen LogP contribution in [0.3, 0.4) is 0 Å². The Morgan fingerprint density at radius 1 is 1.42 bits per heavy atom. The summed E-state index contributed by atoms with van der Waals surface area (Å²) in [6, 6.07) is 4.01. The van der Waals surface area contributed by atoms with Crippen molar-refractivity contribution >= 4 is 5.96 Å². The van der Waals surface area contributed by atoms with Gasteiger partial charge in [0.1, 0.15) is 12.1 Å². The van der Waals surface area contributed by atoms with Gasteiger partial charge in [0.25, 0.3) is 0 Å². The normalized spacial score (nSPS) is 17.4. The molecule has 0 spiro atoms. The van der Waals surface area contributed by atoms with Crippen LogP contribution < -0.4 is 10.6 Å². The summed E-state index contributed by atoms with van der Waals surface area (Å²) in [6.45, 7) is 3.75. The maximum Gasteiger partial charge on any atom is 0.191 e. The predicted octanol–water partition coefficient (Wildman–Crippen LogP) is 1.13. The zero-order valence-electron chi connectivity index (χ0n) is 15.1. The fourth-order valence-corrected chi connectivity index (χ4v) is 2.65. The van der Waals surface area contributed by atoms with Crippen molar-refractivity contribution in [2.24, 2.45) is 4.99 Å². The molecule has 1 aliphatic heterocycles. The number of imidazole rings is 1. The van der Waals surface area contributed by atoms with E-state index >= 15 is 0 Å². The molecule has 1 unspecified atom stereocenters. The molecule has 2 N–H and O–H groups in total. The number of guanidine groups is 1. The number of ether oxygens (including phenoxy) is 2. The number of aliphatic imine (C=N–C) groups is 1. The first-order valence-corrected chi connectivity index (χ1v) is 8.92. The van der Waals surface area contributed by atoms with E-state index in [4.69, 9.17) is 9.47 Å². The fourth-order valence-electron chi connectivity index (χ4n) is 2.65. The van der Waals surface area contributed by atoms with E-state index in [0.29, 0.717) is 6.54 Å². The second kappa shape index (κ2) is 9.88. The number of aromatic nitrogens is 3. The van der Waals surface area contributed by atoms with Crippen molar-refractivity contribution in [3.63, 3.8) is 0 Å². The summed E-state index contributed by atoms with van der Waals surface area (Å²) in [5.41, 5.74) is 1.08. The van der Waals surface area contributed by atoms with E-state index in [2.05, 4.69) is 25.6 Å². The molecule has 0 aliphatic carbocycles.